The molecule has 3 heterocycles. The molecule has 0 saturated heterocycles. The fourth-order valence-electron chi connectivity index (χ4n) is 2.83. The first-order chi connectivity index (χ1) is 15.1. The van der Waals surface area contributed by atoms with Gasteiger partial charge in [0.25, 0.3) is 35.4 Å². The van der Waals surface area contributed by atoms with Gasteiger partial charge in [-0.25, -0.2) is 4.57 Å². The van der Waals surface area contributed by atoms with Crippen molar-refractivity contribution in [1.82, 2.24) is 16.0 Å². The van der Waals surface area contributed by atoms with Crippen LogP contribution in [0, 0.1) is 0 Å². The molecule has 0 bridgehead atoms. The Kier molecular flexibility index (Phi) is 7.26. The van der Waals surface area contributed by atoms with E-state index >= 15 is 0 Å². The fourth-order valence-corrected chi connectivity index (χ4v) is 4.00. The van der Waals surface area contributed by atoms with E-state index in [0.717, 1.165) is 18.2 Å². The number of amides is 6. The van der Waals surface area contributed by atoms with Crippen molar-refractivity contribution < 1.29 is 46.9 Å². The number of carbonyl (C=O) groups excluding carboxylic acids is 6. The van der Waals surface area contributed by atoms with Gasteiger partial charge in [-0.2, -0.15) is 0 Å². The highest BCUT2D eigenvalue weighted by atomic mass is 31.2. The summed E-state index contributed by atoms with van der Waals surface area (Å²) in [4.78, 5) is 68.2. The van der Waals surface area contributed by atoms with Crippen molar-refractivity contribution in [2.45, 2.75) is 19.3 Å². The van der Waals surface area contributed by atoms with Crippen molar-refractivity contribution in [2.75, 3.05) is 19.8 Å². The van der Waals surface area contributed by atoms with Gasteiger partial charge < -0.3 is 0 Å². The second-order valence-electron chi connectivity index (χ2n) is 6.66. The molecule has 3 aliphatic heterocycles. The highest BCUT2D eigenvalue weighted by molar-refractivity contribution is 7.48. The van der Waals surface area contributed by atoms with Crippen LogP contribution in [0.4, 0.5) is 0 Å². The largest absolute Gasteiger partial charge is 0.474 e. The lowest BCUT2D eigenvalue weighted by atomic mass is 10.2. The normalized spacial score (nSPS) is 18.4. The fraction of sp³-hybridized carbons (Fsp3) is 0.333. The van der Waals surface area contributed by atoms with Gasteiger partial charge in [-0.05, 0) is 0 Å². The Morgan fingerprint density at radius 1 is 0.562 bits per heavy atom. The Hall–Kier alpha value is -3.25. The van der Waals surface area contributed by atoms with Crippen LogP contribution in [0.1, 0.15) is 19.3 Å². The zero-order chi connectivity index (χ0) is 23.3. The zero-order valence-electron chi connectivity index (χ0n) is 16.5. The number of carbonyl (C=O) groups is 6. The van der Waals surface area contributed by atoms with E-state index in [2.05, 4.69) is 16.0 Å². The van der Waals surface area contributed by atoms with Gasteiger partial charge in [-0.3, -0.25) is 58.3 Å². The maximum atomic E-state index is 12.9. The van der Waals surface area contributed by atoms with Crippen LogP contribution in [0.2, 0.25) is 0 Å². The molecule has 0 spiro atoms. The Balaban J connectivity index is 1.55. The van der Waals surface area contributed by atoms with Crippen molar-refractivity contribution in [1.29, 1.82) is 0 Å². The molecule has 0 aromatic heterocycles. The van der Waals surface area contributed by atoms with Crippen molar-refractivity contribution in [3.63, 3.8) is 0 Å². The van der Waals surface area contributed by atoms with Gasteiger partial charge in [0.05, 0.1) is 19.8 Å². The van der Waals surface area contributed by atoms with Crippen LogP contribution in [-0.4, -0.2) is 55.3 Å². The molecular formula is C18H18N3O10P. The second-order valence-corrected chi connectivity index (χ2v) is 8.33. The monoisotopic (exact) mass is 467 g/mol. The Labute approximate surface area is 180 Å². The molecule has 0 unspecified atom stereocenters. The van der Waals surface area contributed by atoms with E-state index in [1.807, 2.05) is 0 Å². The first-order valence-electron chi connectivity index (χ1n) is 9.36. The van der Waals surface area contributed by atoms with Crippen molar-refractivity contribution in [3.05, 3.63) is 34.9 Å². The van der Waals surface area contributed by atoms with Crippen LogP contribution in [0.3, 0.4) is 0 Å². The van der Waals surface area contributed by atoms with Crippen LogP contribution in [-0.2, 0) is 46.9 Å². The topological polar surface area (TPSA) is 183 Å². The first kappa shape index (κ1) is 23.4. The Bertz CT molecular complexity index is 913. The quantitative estimate of drug-likeness (QED) is 0.239. The number of hydrogen-bond donors (Lipinski definition) is 3. The number of nitrogens with one attached hydrogen (secondary N) is 3. The average Bonchev–Trinajstić information content (AvgIpc) is 3.31. The van der Waals surface area contributed by atoms with E-state index in [0.29, 0.717) is 0 Å². The third kappa shape index (κ3) is 6.14. The van der Waals surface area contributed by atoms with Crippen molar-refractivity contribution in [2.24, 2.45) is 0 Å². The van der Waals surface area contributed by atoms with Gasteiger partial charge in [0, 0.05) is 54.2 Å². The van der Waals surface area contributed by atoms with E-state index in [-0.39, 0.29) is 55.8 Å². The molecule has 32 heavy (non-hydrogen) atoms. The second kappa shape index (κ2) is 9.92. The van der Waals surface area contributed by atoms with Gasteiger partial charge in [0.2, 0.25) is 0 Å². The lowest BCUT2D eigenvalue weighted by Gasteiger charge is -2.18. The zero-order valence-corrected chi connectivity index (χ0v) is 17.4. The predicted molar refractivity (Wildman–Crippen MR) is 103 cm³/mol. The first-order valence-corrected chi connectivity index (χ1v) is 10.8. The van der Waals surface area contributed by atoms with Crippen molar-refractivity contribution in [3.8, 4) is 0 Å². The lowest BCUT2D eigenvalue weighted by Crippen LogP contribution is -2.22. The van der Waals surface area contributed by atoms with Crippen LogP contribution in [0.25, 0.3) is 0 Å². The van der Waals surface area contributed by atoms with E-state index in [1.165, 1.54) is 0 Å². The molecule has 170 valence electrons. The minimum Gasteiger partial charge on any atom is -0.289 e. The number of imide groups is 3. The molecule has 14 heteroatoms. The molecule has 0 radical (unpaired) electrons. The predicted octanol–water partition coefficient (Wildman–Crippen LogP) is -0.937. The molecule has 0 saturated carbocycles. The molecule has 0 atom stereocenters. The molecule has 3 N–H and O–H groups in total. The van der Waals surface area contributed by atoms with Crippen LogP contribution in [0.5, 0.6) is 0 Å². The summed E-state index contributed by atoms with van der Waals surface area (Å²) in [6.45, 7) is -0.895. The molecule has 0 aromatic carbocycles. The van der Waals surface area contributed by atoms with E-state index in [9.17, 15) is 33.3 Å². The summed E-state index contributed by atoms with van der Waals surface area (Å²) in [6, 6.07) is 0. The average molecular weight is 467 g/mol. The lowest BCUT2D eigenvalue weighted by molar-refractivity contribution is -0.125. The van der Waals surface area contributed by atoms with E-state index in [4.69, 9.17) is 13.6 Å². The van der Waals surface area contributed by atoms with Gasteiger partial charge in [0.15, 0.2) is 0 Å². The molecule has 3 rings (SSSR count). The summed E-state index contributed by atoms with van der Waals surface area (Å²) in [7, 11) is -4.23. The highest BCUT2D eigenvalue weighted by Gasteiger charge is 2.30. The minimum atomic E-state index is -4.23. The molecule has 0 aliphatic carbocycles. The molecular weight excluding hydrogens is 449 g/mol. The summed E-state index contributed by atoms with van der Waals surface area (Å²) in [5, 5.41) is 6.18. The summed E-state index contributed by atoms with van der Waals surface area (Å²) < 4.78 is 28.6. The van der Waals surface area contributed by atoms with E-state index in [1.54, 1.807) is 0 Å². The van der Waals surface area contributed by atoms with Gasteiger partial charge in [-0.15, -0.1) is 0 Å². The van der Waals surface area contributed by atoms with Crippen LogP contribution >= 0.6 is 7.82 Å². The Morgan fingerprint density at radius 3 is 1.06 bits per heavy atom. The summed E-state index contributed by atoms with van der Waals surface area (Å²) >= 11 is 0. The van der Waals surface area contributed by atoms with E-state index < -0.39 is 43.3 Å². The van der Waals surface area contributed by atoms with Gasteiger partial charge in [0.1, 0.15) is 0 Å². The van der Waals surface area contributed by atoms with Crippen LogP contribution < -0.4 is 16.0 Å². The Morgan fingerprint density at radius 2 is 0.844 bits per heavy atom. The van der Waals surface area contributed by atoms with Crippen LogP contribution in [0.15, 0.2) is 34.9 Å². The molecule has 0 aromatic rings. The molecule has 0 fully saturated rings. The minimum absolute atomic E-state index is 0.0571. The molecule has 6 amide bonds. The SMILES string of the molecule is O=C1C=C(CCOP(=O)(OCCC2=CC(=O)NC2=O)OCCC2=CC(=O)NC2=O)C(=O)N1. The molecule has 13 nitrogen and oxygen atoms in total. The maximum absolute atomic E-state index is 12.9. The van der Waals surface area contributed by atoms with Gasteiger partial charge in [-0.1, -0.05) is 0 Å². The third-order valence-electron chi connectivity index (χ3n) is 4.36. The third-order valence-corrected chi connectivity index (χ3v) is 5.86. The number of phosphoric ester groups is 1. The van der Waals surface area contributed by atoms with Crippen molar-refractivity contribution >= 4 is 43.3 Å². The summed E-state index contributed by atoms with van der Waals surface area (Å²) in [6.07, 6.45) is 3.09. The van der Waals surface area contributed by atoms with Gasteiger partial charge >= 0.3 is 7.82 Å². The maximum Gasteiger partial charge on any atom is 0.474 e. The highest BCUT2D eigenvalue weighted by Crippen LogP contribution is 2.50. The number of rotatable bonds is 12. The molecule has 3 aliphatic rings. The standard InChI is InChI=1S/C18H18N3O10P/c22-13-7-10(16(25)19-13)1-4-29-32(28,30-5-2-11-8-14(23)20-17(11)26)31-6-3-12-9-15(24)21-18(12)27/h7-9H,1-6H2,(H,19,22,25)(H,20,23,26)(H,21,24,27). The summed E-state index contributed by atoms with van der Waals surface area (Å²) in [5.74, 6) is -3.50. The smallest absolute Gasteiger partial charge is 0.289 e. The summed E-state index contributed by atoms with van der Waals surface area (Å²) in [5.41, 5.74) is 0.373. The number of hydrogen-bond acceptors (Lipinski definition) is 10. The number of phosphoric acid groups is 1.